The Morgan fingerprint density at radius 2 is 2.41 bits per heavy atom. The third-order valence-electron chi connectivity index (χ3n) is 3.95. The van der Waals surface area contributed by atoms with Gasteiger partial charge in [0, 0.05) is 32.1 Å². The largest absolute Gasteiger partial charge is 0.382 e. The Bertz CT molecular complexity index is 285. The number of methoxy groups -OCH3 is 1. The van der Waals surface area contributed by atoms with Crippen LogP contribution in [0.5, 0.6) is 0 Å². The van der Waals surface area contributed by atoms with Crippen molar-refractivity contribution in [3.8, 4) is 0 Å². The monoisotopic (exact) mass is 242 g/mol. The molecule has 3 N–H and O–H groups in total. The lowest BCUT2D eigenvalue weighted by Gasteiger charge is -2.45. The number of amides is 1. The smallest absolute Gasteiger partial charge is 0.220 e. The number of rotatable bonds is 5. The zero-order valence-electron chi connectivity index (χ0n) is 10.5. The lowest BCUT2D eigenvalue weighted by Crippen LogP contribution is -2.68. The van der Waals surface area contributed by atoms with Crippen LogP contribution in [-0.4, -0.2) is 43.9 Å². The first-order chi connectivity index (χ1) is 8.13. The maximum atomic E-state index is 11.7. The Hall–Kier alpha value is -0.650. The summed E-state index contributed by atoms with van der Waals surface area (Å²) in [5.74, 6) is 0.487. The molecule has 98 valence electrons. The molecule has 1 aliphatic carbocycles. The van der Waals surface area contributed by atoms with E-state index in [9.17, 15) is 4.79 Å². The van der Waals surface area contributed by atoms with Gasteiger partial charge in [-0.2, -0.15) is 0 Å². The Labute approximate surface area is 102 Å². The predicted molar refractivity (Wildman–Crippen MR) is 63.5 cm³/mol. The van der Waals surface area contributed by atoms with Crippen molar-refractivity contribution in [1.29, 1.82) is 0 Å². The molecule has 5 atom stereocenters. The standard InChI is InChI=1S/C12H22N2O3/c1-7(16-2)3-4-9(15)14-11-10(13)8-5-6-17-12(8)11/h7-8,10-12H,3-6,13H2,1-2H3,(H,14,15). The molecule has 1 saturated heterocycles. The maximum Gasteiger partial charge on any atom is 0.220 e. The van der Waals surface area contributed by atoms with Crippen LogP contribution in [0.2, 0.25) is 0 Å². The first-order valence-corrected chi connectivity index (χ1v) is 6.33. The highest BCUT2D eigenvalue weighted by Gasteiger charge is 2.52. The molecule has 2 rings (SSSR count). The number of hydrogen-bond acceptors (Lipinski definition) is 4. The Balaban J connectivity index is 1.72. The van der Waals surface area contributed by atoms with Crippen LogP contribution in [-0.2, 0) is 14.3 Å². The fourth-order valence-electron chi connectivity index (χ4n) is 2.64. The van der Waals surface area contributed by atoms with Gasteiger partial charge in [0.1, 0.15) is 0 Å². The van der Waals surface area contributed by atoms with Gasteiger partial charge in [-0.25, -0.2) is 0 Å². The number of nitrogens with two attached hydrogens (primary N) is 1. The zero-order chi connectivity index (χ0) is 12.4. The molecule has 1 amide bonds. The van der Waals surface area contributed by atoms with Gasteiger partial charge in [0.25, 0.3) is 0 Å². The number of fused-ring (bicyclic) bond motifs is 1. The van der Waals surface area contributed by atoms with Crippen molar-refractivity contribution in [2.45, 2.75) is 50.5 Å². The molecule has 0 radical (unpaired) electrons. The van der Waals surface area contributed by atoms with Gasteiger partial charge in [0.2, 0.25) is 5.91 Å². The number of carbonyl (C=O) groups is 1. The lowest BCUT2D eigenvalue weighted by molar-refractivity contribution is -0.126. The number of nitrogens with one attached hydrogen (secondary N) is 1. The fraction of sp³-hybridized carbons (Fsp3) is 0.917. The first-order valence-electron chi connectivity index (χ1n) is 6.33. The minimum atomic E-state index is 0.00727. The number of hydrogen-bond donors (Lipinski definition) is 2. The molecule has 2 fully saturated rings. The summed E-state index contributed by atoms with van der Waals surface area (Å²) in [6.45, 7) is 2.73. The Kier molecular flexibility index (Phi) is 4.01. The van der Waals surface area contributed by atoms with Gasteiger partial charge in [-0.15, -0.1) is 0 Å². The van der Waals surface area contributed by atoms with E-state index < -0.39 is 0 Å². The highest BCUT2D eigenvalue weighted by atomic mass is 16.5. The molecular weight excluding hydrogens is 220 g/mol. The summed E-state index contributed by atoms with van der Waals surface area (Å²) in [5.41, 5.74) is 6.02. The Morgan fingerprint density at radius 3 is 3.12 bits per heavy atom. The summed E-state index contributed by atoms with van der Waals surface area (Å²) in [4.78, 5) is 11.7. The first kappa shape index (κ1) is 12.8. The molecule has 0 bridgehead atoms. The van der Waals surface area contributed by atoms with E-state index in [4.69, 9.17) is 15.2 Å². The summed E-state index contributed by atoms with van der Waals surface area (Å²) in [6, 6.07) is 0.0687. The van der Waals surface area contributed by atoms with Crippen molar-refractivity contribution >= 4 is 5.91 Å². The highest BCUT2D eigenvalue weighted by Crippen LogP contribution is 2.37. The summed E-state index contributed by atoms with van der Waals surface area (Å²) in [6.07, 6.45) is 2.51. The molecule has 0 spiro atoms. The third kappa shape index (κ3) is 2.61. The van der Waals surface area contributed by atoms with Crippen molar-refractivity contribution < 1.29 is 14.3 Å². The summed E-state index contributed by atoms with van der Waals surface area (Å²) < 4.78 is 10.7. The van der Waals surface area contributed by atoms with E-state index in [0.717, 1.165) is 19.4 Å². The summed E-state index contributed by atoms with van der Waals surface area (Å²) >= 11 is 0. The highest BCUT2D eigenvalue weighted by molar-refractivity contribution is 5.76. The summed E-state index contributed by atoms with van der Waals surface area (Å²) in [7, 11) is 1.65. The van der Waals surface area contributed by atoms with Crippen LogP contribution < -0.4 is 11.1 Å². The second-order valence-corrected chi connectivity index (χ2v) is 5.04. The number of carbonyl (C=O) groups excluding carboxylic acids is 1. The molecule has 5 unspecified atom stereocenters. The zero-order valence-corrected chi connectivity index (χ0v) is 10.5. The van der Waals surface area contributed by atoms with Crippen LogP contribution in [0.15, 0.2) is 0 Å². The van der Waals surface area contributed by atoms with E-state index in [1.807, 2.05) is 6.92 Å². The second kappa shape index (κ2) is 5.33. The number of ether oxygens (including phenoxy) is 2. The van der Waals surface area contributed by atoms with Crippen LogP contribution in [0, 0.1) is 5.92 Å². The van der Waals surface area contributed by atoms with Gasteiger partial charge in [-0.1, -0.05) is 0 Å². The van der Waals surface area contributed by atoms with Gasteiger partial charge in [-0.05, 0) is 19.8 Å². The average Bonchev–Trinajstić information content (AvgIpc) is 2.77. The van der Waals surface area contributed by atoms with Crippen LogP contribution in [0.25, 0.3) is 0 Å². The summed E-state index contributed by atoms with van der Waals surface area (Å²) in [5, 5.41) is 2.97. The van der Waals surface area contributed by atoms with Crippen molar-refractivity contribution in [2.75, 3.05) is 13.7 Å². The van der Waals surface area contributed by atoms with Crippen LogP contribution >= 0.6 is 0 Å². The molecule has 2 aliphatic rings. The molecule has 0 aromatic carbocycles. The molecule has 1 aliphatic heterocycles. The van der Waals surface area contributed by atoms with E-state index in [0.29, 0.717) is 12.3 Å². The molecule has 0 aromatic heterocycles. The van der Waals surface area contributed by atoms with Gasteiger partial charge in [0.15, 0.2) is 0 Å². The van der Waals surface area contributed by atoms with Gasteiger partial charge in [0.05, 0.1) is 18.2 Å². The molecule has 17 heavy (non-hydrogen) atoms. The van der Waals surface area contributed by atoms with E-state index in [1.165, 1.54) is 0 Å². The topological polar surface area (TPSA) is 73.6 Å². The minimum Gasteiger partial charge on any atom is -0.382 e. The van der Waals surface area contributed by atoms with E-state index in [1.54, 1.807) is 7.11 Å². The molecule has 1 saturated carbocycles. The van der Waals surface area contributed by atoms with Crippen molar-refractivity contribution in [1.82, 2.24) is 5.32 Å². The average molecular weight is 242 g/mol. The van der Waals surface area contributed by atoms with E-state index in [-0.39, 0.29) is 30.2 Å². The molecule has 5 heteroatoms. The van der Waals surface area contributed by atoms with E-state index in [2.05, 4.69) is 5.32 Å². The lowest BCUT2D eigenvalue weighted by atomic mass is 9.72. The second-order valence-electron chi connectivity index (χ2n) is 5.04. The van der Waals surface area contributed by atoms with Crippen molar-refractivity contribution in [3.05, 3.63) is 0 Å². The fourth-order valence-corrected chi connectivity index (χ4v) is 2.64. The molecular formula is C12H22N2O3. The Morgan fingerprint density at radius 1 is 1.65 bits per heavy atom. The van der Waals surface area contributed by atoms with Crippen LogP contribution in [0.3, 0.4) is 0 Å². The third-order valence-corrected chi connectivity index (χ3v) is 3.95. The molecule has 0 aromatic rings. The van der Waals surface area contributed by atoms with Gasteiger partial charge < -0.3 is 20.5 Å². The van der Waals surface area contributed by atoms with Crippen LogP contribution in [0.1, 0.15) is 26.2 Å². The predicted octanol–water partition coefficient (Wildman–Crippen LogP) is 0.0323. The molecule has 1 heterocycles. The van der Waals surface area contributed by atoms with Crippen molar-refractivity contribution in [2.24, 2.45) is 11.7 Å². The quantitative estimate of drug-likeness (QED) is 0.713. The normalized spacial score (nSPS) is 37.1. The maximum absolute atomic E-state index is 11.7. The molecule has 5 nitrogen and oxygen atoms in total. The van der Waals surface area contributed by atoms with Crippen molar-refractivity contribution in [3.63, 3.8) is 0 Å². The van der Waals surface area contributed by atoms with Crippen LogP contribution in [0.4, 0.5) is 0 Å². The van der Waals surface area contributed by atoms with Gasteiger partial charge >= 0.3 is 0 Å². The SMILES string of the molecule is COC(C)CCC(=O)NC1C(N)C2CCOC21. The van der Waals surface area contributed by atoms with E-state index >= 15 is 0 Å². The van der Waals surface area contributed by atoms with Gasteiger partial charge in [-0.3, -0.25) is 4.79 Å². The minimum absolute atomic E-state index is 0.00727.